The number of thiol groups is 1. The van der Waals surface area contributed by atoms with Gasteiger partial charge < -0.3 is 10.8 Å². The second kappa shape index (κ2) is 6.82. The van der Waals surface area contributed by atoms with E-state index in [1.807, 2.05) is 0 Å². The van der Waals surface area contributed by atoms with Crippen molar-refractivity contribution in [1.82, 2.24) is 0 Å². The number of carbonyl (C=O) groups is 1. The second-order valence-corrected chi connectivity index (χ2v) is 3.75. The van der Waals surface area contributed by atoms with E-state index in [4.69, 9.17) is 10.8 Å². The summed E-state index contributed by atoms with van der Waals surface area (Å²) in [6.45, 7) is 0. The van der Waals surface area contributed by atoms with Crippen LogP contribution < -0.4 is 5.73 Å². The standard InChI is InChI=1S/C6H13NO2S2/c7-5(3-6(8)9)4-11-2-1-10/h5,10H,1-4,7H2,(H,8,9)/t5-/m0/s1. The van der Waals surface area contributed by atoms with Gasteiger partial charge in [-0.25, -0.2) is 0 Å². The first-order chi connectivity index (χ1) is 5.16. The molecule has 0 aliphatic carbocycles. The fraction of sp³-hybridized carbons (Fsp3) is 0.833. The topological polar surface area (TPSA) is 63.3 Å². The Morgan fingerprint density at radius 3 is 2.82 bits per heavy atom. The molecule has 0 aliphatic rings. The lowest BCUT2D eigenvalue weighted by atomic mass is 10.2. The van der Waals surface area contributed by atoms with Crippen molar-refractivity contribution in [2.75, 3.05) is 17.3 Å². The molecule has 0 aromatic heterocycles. The maximum absolute atomic E-state index is 10.1. The van der Waals surface area contributed by atoms with Gasteiger partial charge in [0.2, 0.25) is 0 Å². The Bertz CT molecular complexity index is 121. The van der Waals surface area contributed by atoms with Crippen molar-refractivity contribution in [3.8, 4) is 0 Å². The molecular weight excluding hydrogens is 182 g/mol. The van der Waals surface area contributed by atoms with Gasteiger partial charge >= 0.3 is 5.97 Å². The normalized spacial score (nSPS) is 12.9. The Kier molecular flexibility index (Phi) is 6.90. The first-order valence-corrected chi connectivity index (χ1v) is 5.11. The van der Waals surface area contributed by atoms with Gasteiger partial charge in [0, 0.05) is 17.5 Å². The number of thioether (sulfide) groups is 1. The predicted molar refractivity (Wildman–Crippen MR) is 51.4 cm³/mol. The van der Waals surface area contributed by atoms with Crippen molar-refractivity contribution in [1.29, 1.82) is 0 Å². The van der Waals surface area contributed by atoms with Crippen LogP contribution in [0.15, 0.2) is 0 Å². The zero-order valence-corrected chi connectivity index (χ0v) is 7.90. The number of nitrogens with two attached hydrogens (primary N) is 1. The minimum absolute atomic E-state index is 0.0551. The van der Waals surface area contributed by atoms with Gasteiger partial charge in [-0.05, 0) is 5.75 Å². The summed E-state index contributed by atoms with van der Waals surface area (Å²) in [4.78, 5) is 10.1. The van der Waals surface area contributed by atoms with Crippen LogP contribution in [0.3, 0.4) is 0 Å². The van der Waals surface area contributed by atoms with Crippen LogP contribution in [0, 0.1) is 0 Å². The van der Waals surface area contributed by atoms with Gasteiger partial charge in [-0.3, -0.25) is 4.79 Å². The number of carboxylic acids is 1. The van der Waals surface area contributed by atoms with Crippen molar-refractivity contribution in [3.63, 3.8) is 0 Å². The summed E-state index contributed by atoms with van der Waals surface area (Å²) in [5, 5.41) is 8.34. The lowest BCUT2D eigenvalue weighted by Gasteiger charge is -2.06. The average Bonchev–Trinajstić information content (AvgIpc) is 1.86. The van der Waals surface area contributed by atoms with Crippen LogP contribution in [-0.4, -0.2) is 34.4 Å². The molecule has 11 heavy (non-hydrogen) atoms. The van der Waals surface area contributed by atoms with Crippen LogP contribution in [0.4, 0.5) is 0 Å². The van der Waals surface area contributed by atoms with E-state index in [1.165, 1.54) is 0 Å². The Hall–Kier alpha value is 0.130. The van der Waals surface area contributed by atoms with E-state index in [2.05, 4.69) is 12.6 Å². The molecule has 3 nitrogen and oxygen atoms in total. The summed E-state index contributed by atoms with van der Waals surface area (Å²) in [6, 6.07) is -0.225. The van der Waals surface area contributed by atoms with Crippen molar-refractivity contribution in [3.05, 3.63) is 0 Å². The fourth-order valence-electron chi connectivity index (χ4n) is 0.582. The van der Waals surface area contributed by atoms with Gasteiger partial charge in [-0.2, -0.15) is 24.4 Å². The molecule has 0 fully saturated rings. The highest BCUT2D eigenvalue weighted by molar-refractivity contribution is 8.00. The molecule has 1 atom stereocenters. The molecule has 0 heterocycles. The summed E-state index contributed by atoms with van der Waals surface area (Å²) in [5.74, 6) is 1.61. The summed E-state index contributed by atoms with van der Waals surface area (Å²) < 4.78 is 0. The second-order valence-electron chi connectivity index (χ2n) is 2.16. The third-order valence-corrected chi connectivity index (χ3v) is 2.69. The van der Waals surface area contributed by atoms with E-state index in [9.17, 15) is 4.79 Å². The maximum atomic E-state index is 10.1. The van der Waals surface area contributed by atoms with Crippen LogP contribution in [0.25, 0.3) is 0 Å². The Labute approximate surface area is 76.1 Å². The van der Waals surface area contributed by atoms with Crippen molar-refractivity contribution < 1.29 is 9.90 Å². The SMILES string of the molecule is N[C@H](CSCCS)CC(=O)O. The quantitative estimate of drug-likeness (QED) is 0.425. The molecule has 0 aromatic carbocycles. The molecule has 0 saturated heterocycles. The van der Waals surface area contributed by atoms with Gasteiger partial charge in [0.15, 0.2) is 0 Å². The van der Waals surface area contributed by atoms with E-state index in [-0.39, 0.29) is 12.5 Å². The molecule has 0 bridgehead atoms. The number of hydrogen-bond donors (Lipinski definition) is 3. The van der Waals surface area contributed by atoms with E-state index >= 15 is 0 Å². The Balaban J connectivity index is 3.22. The molecule has 0 rings (SSSR count). The number of hydrogen-bond acceptors (Lipinski definition) is 4. The highest BCUT2D eigenvalue weighted by Crippen LogP contribution is 2.03. The molecule has 0 radical (unpaired) electrons. The molecule has 0 amide bonds. The van der Waals surface area contributed by atoms with Crippen LogP contribution >= 0.6 is 24.4 Å². The monoisotopic (exact) mass is 195 g/mol. The number of rotatable bonds is 6. The molecule has 3 N–H and O–H groups in total. The van der Waals surface area contributed by atoms with Crippen molar-refractivity contribution >= 4 is 30.4 Å². The highest BCUT2D eigenvalue weighted by Gasteiger charge is 2.06. The smallest absolute Gasteiger partial charge is 0.304 e. The van der Waals surface area contributed by atoms with Crippen molar-refractivity contribution in [2.45, 2.75) is 12.5 Å². The first-order valence-electron chi connectivity index (χ1n) is 3.32. The number of aliphatic carboxylic acids is 1. The molecule has 0 spiro atoms. The van der Waals surface area contributed by atoms with Gasteiger partial charge in [-0.1, -0.05) is 0 Å². The van der Waals surface area contributed by atoms with E-state index < -0.39 is 5.97 Å². The molecule has 5 heteroatoms. The Morgan fingerprint density at radius 1 is 1.73 bits per heavy atom. The van der Waals surface area contributed by atoms with Crippen LogP contribution in [0.2, 0.25) is 0 Å². The van der Waals surface area contributed by atoms with E-state index in [0.29, 0.717) is 5.75 Å². The van der Waals surface area contributed by atoms with Gasteiger partial charge in [-0.15, -0.1) is 0 Å². The largest absolute Gasteiger partial charge is 0.481 e. The van der Waals surface area contributed by atoms with Crippen LogP contribution in [0.5, 0.6) is 0 Å². The van der Waals surface area contributed by atoms with Crippen LogP contribution in [-0.2, 0) is 4.79 Å². The summed E-state index contributed by atoms with van der Waals surface area (Å²) >= 11 is 5.65. The van der Waals surface area contributed by atoms with E-state index in [1.54, 1.807) is 11.8 Å². The predicted octanol–water partition coefficient (Wildman–Crippen LogP) is 0.451. The molecule has 0 aliphatic heterocycles. The fourth-order valence-corrected chi connectivity index (χ4v) is 1.69. The van der Waals surface area contributed by atoms with Gasteiger partial charge in [0.05, 0.1) is 6.42 Å². The molecular formula is C6H13NO2S2. The third kappa shape index (κ3) is 8.03. The molecule has 0 saturated carbocycles. The van der Waals surface area contributed by atoms with Gasteiger partial charge in [0.1, 0.15) is 0 Å². The summed E-state index contributed by atoms with van der Waals surface area (Å²) in [5.41, 5.74) is 5.49. The lowest BCUT2D eigenvalue weighted by molar-refractivity contribution is -0.137. The van der Waals surface area contributed by atoms with Crippen molar-refractivity contribution in [2.24, 2.45) is 5.73 Å². The molecule has 0 aromatic rings. The van der Waals surface area contributed by atoms with Crippen LogP contribution in [0.1, 0.15) is 6.42 Å². The Morgan fingerprint density at radius 2 is 2.36 bits per heavy atom. The highest BCUT2D eigenvalue weighted by atomic mass is 32.2. The first kappa shape index (κ1) is 11.1. The average molecular weight is 195 g/mol. The summed E-state index contributed by atoms with van der Waals surface area (Å²) in [7, 11) is 0. The number of carboxylic acid groups (broad SMARTS) is 1. The minimum atomic E-state index is -0.830. The molecule has 66 valence electrons. The third-order valence-electron chi connectivity index (χ3n) is 1.00. The van der Waals surface area contributed by atoms with E-state index in [0.717, 1.165) is 11.5 Å². The molecule has 0 unspecified atom stereocenters. The van der Waals surface area contributed by atoms with Gasteiger partial charge in [0.25, 0.3) is 0 Å². The lowest BCUT2D eigenvalue weighted by Crippen LogP contribution is -2.26. The summed E-state index contributed by atoms with van der Waals surface area (Å²) in [6.07, 6.45) is 0.0551. The maximum Gasteiger partial charge on any atom is 0.304 e. The minimum Gasteiger partial charge on any atom is -0.481 e. The zero-order chi connectivity index (χ0) is 8.69. The zero-order valence-electron chi connectivity index (χ0n) is 6.19.